The SMILES string of the molecule is Cn1c(SCc2nc(-c3ccccc3)no2)nc2cc3c(cc2c1=O)OCO3. The monoisotopic (exact) mass is 394 g/mol. The van der Waals surface area contributed by atoms with Gasteiger partial charge in [0.25, 0.3) is 5.56 Å². The number of rotatable bonds is 4. The summed E-state index contributed by atoms with van der Waals surface area (Å²) in [7, 11) is 1.69. The molecule has 2 aromatic carbocycles. The van der Waals surface area contributed by atoms with Gasteiger partial charge in [-0.3, -0.25) is 9.36 Å². The molecule has 5 rings (SSSR count). The van der Waals surface area contributed by atoms with Gasteiger partial charge >= 0.3 is 0 Å². The van der Waals surface area contributed by atoms with Gasteiger partial charge < -0.3 is 14.0 Å². The molecule has 2 aromatic heterocycles. The second kappa shape index (κ2) is 6.68. The van der Waals surface area contributed by atoms with E-state index in [2.05, 4.69) is 15.1 Å². The first-order valence-electron chi connectivity index (χ1n) is 8.50. The minimum Gasteiger partial charge on any atom is -0.454 e. The van der Waals surface area contributed by atoms with Crippen LogP contribution < -0.4 is 15.0 Å². The second-order valence-electron chi connectivity index (χ2n) is 6.15. The molecular formula is C19H14N4O4S. The molecule has 9 heteroatoms. The van der Waals surface area contributed by atoms with Gasteiger partial charge in [0.1, 0.15) is 0 Å². The van der Waals surface area contributed by atoms with Gasteiger partial charge in [-0.05, 0) is 6.07 Å². The summed E-state index contributed by atoms with van der Waals surface area (Å²) in [5.41, 5.74) is 1.29. The van der Waals surface area contributed by atoms with E-state index in [1.165, 1.54) is 16.3 Å². The largest absolute Gasteiger partial charge is 0.454 e. The topological polar surface area (TPSA) is 92.3 Å². The Morgan fingerprint density at radius 1 is 1.11 bits per heavy atom. The molecule has 0 aliphatic carbocycles. The Labute approximate surface area is 163 Å². The molecule has 140 valence electrons. The van der Waals surface area contributed by atoms with E-state index in [9.17, 15) is 4.79 Å². The molecule has 28 heavy (non-hydrogen) atoms. The van der Waals surface area contributed by atoms with Crippen molar-refractivity contribution in [3.63, 3.8) is 0 Å². The fourth-order valence-corrected chi connectivity index (χ4v) is 3.72. The third-order valence-electron chi connectivity index (χ3n) is 4.35. The summed E-state index contributed by atoms with van der Waals surface area (Å²) >= 11 is 1.35. The molecule has 0 atom stereocenters. The van der Waals surface area contributed by atoms with Crippen LogP contribution in [0.15, 0.2) is 56.9 Å². The lowest BCUT2D eigenvalue weighted by Gasteiger charge is -2.08. The summed E-state index contributed by atoms with van der Waals surface area (Å²) in [6.07, 6.45) is 0. The van der Waals surface area contributed by atoms with Crippen LogP contribution in [0.4, 0.5) is 0 Å². The van der Waals surface area contributed by atoms with E-state index in [4.69, 9.17) is 14.0 Å². The van der Waals surface area contributed by atoms with Gasteiger partial charge in [-0.1, -0.05) is 47.3 Å². The van der Waals surface area contributed by atoms with Gasteiger partial charge in [-0.25, -0.2) is 4.98 Å². The average molecular weight is 394 g/mol. The molecule has 0 bridgehead atoms. The van der Waals surface area contributed by atoms with E-state index >= 15 is 0 Å². The Hall–Kier alpha value is -3.33. The van der Waals surface area contributed by atoms with E-state index in [-0.39, 0.29) is 12.4 Å². The van der Waals surface area contributed by atoms with Crippen LogP contribution in [0, 0.1) is 0 Å². The minimum atomic E-state index is -0.152. The maximum atomic E-state index is 12.7. The van der Waals surface area contributed by atoms with Gasteiger partial charge in [-0.15, -0.1) is 0 Å². The van der Waals surface area contributed by atoms with E-state index < -0.39 is 0 Å². The molecule has 0 radical (unpaired) electrons. The van der Waals surface area contributed by atoms with Gasteiger partial charge in [0.05, 0.1) is 16.7 Å². The molecule has 8 nitrogen and oxygen atoms in total. The first-order valence-corrected chi connectivity index (χ1v) is 9.49. The molecule has 1 aliphatic heterocycles. The lowest BCUT2D eigenvalue weighted by atomic mass is 10.2. The molecule has 0 spiro atoms. The normalized spacial score (nSPS) is 12.6. The Morgan fingerprint density at radius 2 is 1.89 bits per heavy atom. The van der Waals surface area contributed by atoms with E-state index in [1.807, 2.05) is 30.3 Å². The minimum absolute atomic E-state index is 0.147. The molecule has 3 heterocycles. The fourth-order valence-electron chi connectivity index (χ4n) is 2.91. The van der Waals surface area contributed by atoms with Crippen molar-refractivity contribution >= 4 is 22.7 Å². The standard InChI is InChI=1S/C19H14N4O4S/c1-23-18(24)12-7-14-15(26-10-25-14)8-13(12)20-19(23)28-9-16-21-17(22-27-16)11-5-3-2-4-6-11/h2-8H,9-10H2,1H3. The predicted molar refractivity (Wildman–Crippen MR) is 102 cm³/mol. The summed E-state index contributed by atoms with van der Waals surface area (Å²) in [6, 6.07) is 13.0. The van der Waals surface area contributed by atoms with Crippen molar-refractivity contribution in [2.24, 2.45) is 7.05 Å². The Balaban J connectivity index is 1.43. The van der Waals surface area contributed by atoms with Crippen LogP contribution in [-0.2, 0) is 12.8 Å². The third-order valence-corrected chi connectivity index (χ3v) is 5.37. The van der Waals surface area contributed by atoms with Crippen LogP contribution in [0.5, 0.6) is 11.5 Å². The Morgan fingerprint density at radius 3 is 2.71 bits per heavy atom. The van der Waals surface area contributed by atoms with Crippen molar-refractivity contribution in [3.05, 3.63) is 58.7 Å². The first kappa shape index (κ1) is 16.8. The molecule has 0 unspecified atom stereocenters. The summed E-state index contributed by atoms with van der Waals surface area (Å²) in [6.45, 7) is 0.147. The smallest absolute Gasteiger partial charge is 0.261 e. The third kappa shape index (κ3) is 2.89. The summed E-state index contributed by atoms with van der Waals surface area (Å²) in [4.78, 5) is 21.7. The van der Waals surface area contributed by atoms with Crippen molar-refractivity contribution < 1.29 is 14.0 Å². The lowest BCUT2D eigenvalue weighted by Crippen LogP contribution is -2.20. The van der Waals surface area contributed by atoms with Crippen molar-refractivity contribution in [2.45, 2.75) is 10.9 Å². The summed E-state index contributed by atoms with van der Waals surface area (Å²) in [5.74, 6) is 2.55. The van der Waals surface area contributed by atoms with Crippen molar-refractivity contribution in [2.75, 3.05) is 6.79 Å². The number of nitrogens with zero attached hydrogens (tertiary/aromatic N) is 4. The number of fused-ring (bicyclic) bond motifs is 2. The Kier molecular flexibility index (Phi) is 4.01. The Bertz CT molecular complexity index is 1240. The van der Waals surface area contributed by atoms with Gasteiger partial charge in [0.15, 0.2) is 16.7 Å². The highest BCUT2D eigenvalue weighted by molar-refractivity contribution is 7.98. The predicted octanol–water partition coefficient (Wildman–Crippen LogP) is 3.00. The maximum absolute atomic E-state index is 12.7. The highest BCUT2D eigenvalue weighted by Gasteiger charge is 2.18. The second-order valence-corrected chi connectivity index (χ2v) is 7.09. The summed E-state index contributed by atoms with van der Waals surface area (Å²) < 4.78 is 17.6. The molecule has 4 aromatic rings. The van der Waals surface area contributed by atoms with Gasteiger partial charge in [-0.2, -0.15) is 4.98 Å². The van der Waals surface area contributed by atoms with Crippen LogP contribution in [0.2, 0.25) is 0 Å². The number of ether oxygens (including phenoxy) is 2. The maximum Gasteiger partial charge on any atom is 0.261 e. The number of aromatic nitrogens is 4. The number of hydrogen-bond acceptors (Lipinski definition) is 8. The quantitative estimate of drug-likeness (QED) is 0.385. The molecule has 0 saturated carbocycles. The molecule has 1 aliphatic rings. The fraction of sp³-hybridized carbons (Fsp3) is 0.158. The number of hydrogen-bond donors (Lipinski definition) is 0. The molecule has 0 amide bonds. The molecule has 0 N–H and O–H groups in total. The first-order chi connectivity index (χ1) is 13.7. The summed E-state index contributed by atoms with van der Waals surface area (Å²) in [5, 5.41) is 5.05. The highest BCUT2D eigenvalue weighted by Crippen LogP contribution is 2.35. The van der Waals surface area contributed by atoms with E-state index in [1.54, 1.807) is 19.2 Å². The van der Waals surface area contributed by atoms with Crippen molar-refractivity contribution in [1.82, 2.24) is 19.7 Å². The average Bonchev–Trinajstić information content (AvgIpc) is 3.38. The van der Waals surface area contributed by atoms with E-state index in [0.29, 0.717) is 45.0 Å². The number of thioether (sulfide) groups is 1. The van der Waals surface area contributed by atoms with Gasteiger partial charge in [0.2, 0.25) is 18.5 Å². The zero-order chi connectivity index (χ0) is 19.1. The van der Waals surface area contributed by atoms with Crippen molar-refractivity contribution in [3.8, 4) is 22.9 Å². The molecular weight excluding hydrogens is 380 g/mol. The zero-order valence-corrected chi connectivity index (χ0v) is 15.6. The van der Waals surface area contributed by atoms with Crippen LogP contribution in [0.25, 0.3) is 22.3 Å². The van der Waals surface area contributed by atoms with Crippen LogP contribution in [0.3, 0.4) is 0 Å². The van der Waals surface area contributed by atoms with Gasteiger partial charge in [0, 0.05) is 18.7 Å². The van der Waals surface area contributed by atoms with Crippen molar-refractivity contribution in [1.29, 1.82) is 0 Å². The van der Waals surface area contributed by atoms with E-state index in [0.717, 1.165) is 5.56 Å². The molecule has 0 fully saturated rings. The van der Waals surface area contributed by atoms with Crippen LogP contribution in [-0.4, -0.2) is 26.5 Å². The number of benzene rings is 2. The van der Waals surface area contributed by atoms with Crippen LogP contribution >= 0.6 is 11.8 Å². The lowest BCUT2D eigenvalue weighted by molar-refractivity contribution is 0.174. The van der Waals surface area contributed by atoms with Crippen LogP contribution in [0.1, 0.15) is 5.89 Å². The molecule has 0 saturated heterocycles. The zero-order valence-electron chi connectivity index (χ0n) is 14.8. The highest BCUT2D eigenvalue weighted by atomic mass is 32.2.